The van der Waals surface area contributed by atoms with Gasteiger partial charge in [0.25, 0.3) is 0 Å². The summed E-state index contributed by atoms with van der Waals surface area (Å²) in [5, 5.41) is 0.904. The van der Waals surface area contributed by atoms with Gasteiger partial charge in [-0.25, -0.2) is 4.39 Å². The van der Waals surface area contributed by atoms with Gasteiger partial charge in [0.05, 0.1) is 16.8 Å². The first-order valence-corrected chi connectivity index (χ1v) is 9.39. The molecule has 0 atom stereocenters. The number of allylic oxidation sites excluding steroid dienone is 2. The third-order valence-corrected chi connectivity index (χ3v) is 5.28. The van der Waals surface area contributed by atoms with Crippen LogP contribution in [0.25, 0.3) is 28.2 Å². The van der Waals surface area contributed by atoms with Crippen LogP contribution in [0.4, 0.5) is 17.6 Å². The Bertz CT molecular complexity index is 1320. The van der Waals surface area contributed by atoms with E-state index in [9.17, 15) is 17.6 Å². The third-order valence-electron chi connectivity index (χ3n) is 5.28. The number of hydrogen-bond donors (Lipinski definition) is 0. The summed E-state index contributed by atoms with van der Waals surface area (Å²) in [6.07, 6.45) is -1.74. The second-order valence-electron chi connectivity index (χ2n) is 7.12. The van der Waals surface area contributed by atoms with Gasteiger partial charge in [0.1, 0.15) is 5.82 Å². The molecule has 3 aromatic carbocycles. The molecule has 4 aromatic rings. The Labute approximate surface area is 170 Å². The maximum absolute atomic E-state index is 14.1. The number of rotatable bonds is 2. The van der Waals surface area contributed by atoms with Gasteiger partial charge in [-0.1, -0.05) is 54.6 Å². The molecule has 1 nitrogen and oxygen atoms in total. The van der Waals surface area contributed by atoms with Crippen LogP contribution in [0, 0.1) is 5.82 Å². The van der Waals surface area contributed by atoms with Crippen LogP contribution in [0.1, 0.15) is 16.7 Å². The van der Waals surface area contributed by atoms with Crippen LogP contribution < -0.4 is 0 Å². The number of fused-ring (bicyclic) bond motifs is 2. The van der Waals surface area contributed by atoms with Gasteiger partial charge in [0.2, 0.25) is 0 Å². The molecule has 0 unspecified atom stereocenters. The van der Waals surface area contributed by atoms with E-state index in [1.54, 1.807) is 35.0 Å². The minimum Gasteiger partial charge on any atom is -0.315 e. The lowest BCUT2D eigenvalue weighted by molar-refractivity contribution is -0.0859. The number of halogens is 4. The van der Waals surface area contributed by atoms with Crippen molar-refractivity contribution in [3.63, 3.8) is 0 Å². The highest BCUT2D eigenvalue weighted by Gasteiger charge is 2.41. The molecule has 0 saturated carbocycles. The van der Waals surface area contributed by atoms with E-state index in [-0.39, 0.29) is 11.1 Å². The van der Waals surface area contributed by atoms with Crippen molar-refractivity contribution in [1.29, 1.82) is 0 Å². The third kappa shape index (κ3) is 2.94. The van der Waals surface area contributed by atoms with Gasteiger partial charge in [-0.15, -0.1) is 0 Å². The molecule has 5 rings (SSSR count). The SMILES string of the molecule is Fc1ccc2c(c1)C(=C(c1ccccc1)n1ccc3ccccc31)C(C(F)(F)F)=C2. The standard InChI is InChI=1S/C25H15F4N/c26-19-11-10-18-14-21(25(27,28)29)23(20(18)15-19)24(17-7-2-1-3-8-17)30-13-12-16-6-4-5-9-22(16)30/h1-15H. The van der Waals surface area contributed by atoms with Crippen molar-refractivity contribution in [1.82, 2.24) is 4.57 Å². The van der Waals surface area contributed by atoms with Crippen molar-refractivity contribution in [3.8, 4) is 0 Å². The first kappa shape index (κ1) is 18.4. The maximum atomic E-state index is 14.1. The van der Waals surface area contributed by atoms with Gasteiger partial charge in [0, 0.05) is 11.8 Å². The molecule has 1 aliphatic carbocycles. The van der Waals surface area contributed by atoms with Gasteiger partial charge in [-0.3, -0.25) is 0 Å². The summed E-state index contributed by atoms with van der Waals surface area (Å²) in [7, 11) is 0. The van der Waals surface area contributed by atoms with Gasteiger partial charge >= 0.3 is 6.18 Å². The lowest BCUT2D eigenvalue weighted by Crippen LogP contribution is -2.14. The van der Waals surface area contributed by atoms with Gasteiger partial charge in [-0.2, -0.15) is 13.2 Å². The van der Waals surface area contributed by atoms with Gasteiger partial charge in [0.15, 0.2) is 0 Å². The first-order chi connectivity index (χ1) is 14.4. The molecule has 0 spiro atoms. The lowest BCUT2D eigenvalue weighted by atomic mass is 9.96. The molecule has 0 fully saturated rings. The van der Waals surface area contributed by atoms with Crippen LogP contribution in [-0.2, 0) is 0 Å². The fraction of sp³-hybridized carbons (Fsp3) is 0.0400. The minimum absolute atomic E-state index is 0.0236. The van der Waals surface area contributed by atoms with E-state index in [4.69, 9.17) is 0 Å². The molecule has 148 valence electrons. The van der Waals surface area contributed by atoms with E-state index in [2.05, 4.69) is 0 Å². The summed E-state index contributed by atoms with van der Waals surface area (Å²) >= 11 is 0. The van der Waals surface area contributed by atoms with Crippen molar-refractivity contribution in [2.75, 3.05) is 0 Å². The van der Waals surface area contributed by atoms with Crippen molar-refractivity contribution >= 4 is 28.2 Å². The molecular weight excluding hydrogens is 390 g/mol. The summed E-state index contributed by atoms with van der Waals surface area (Å²) in [4.78, 5) is 0. The Morgan fingerprint density at radius 2 is 1.53 bits per heavy atom. The van der Waals surface area contributed by atoms with Gasteiger partial charge < -0.3 is 4.57 Å². The van der Waals surface area contributed by atoms with Crippen LogP contribution in [0.2, 0.25) is 0 Å². The Morgan fingerprint density at radius 1 is 0.800 bits per heavy atom. The smallest absolute Gasteiger partial charge is 0.315 e. The highest BCUT2D eigenvalue weighted by Crippen LogP contribution is 2.48. The fourth-order valence-electron chi connectivity index (χ4n) is 4.00. The monoisotopic (exact) mass is 405 g/mol. The minimum atomic E-state index is -4.59. The predicted molar refractivity (Wildman–Crippen MR) is 111 cm³/mol. The largest absolute Gasteiger partial charge is 0.417 e. The van der Waals surface area contributed by atoms with Crippen LogP contribution in [0.15, 0.2) is 90.6 Å². The summed E-state index contributed by atoms with van der Waals surface area (Å²) in [6.45, 7) is 0. The molecule has 1 aliphatic rings. The second-order valence-corrected chi connectivity index (χ2v) is 7.12. The predicted octanol–water partition coefficient (Wildman–Crippen LogP) is 7.16. The summed E-state index contributed by atoms with van der Waals surface area (Å²) in [5.41, 5.74) is 1.54. The van der Waals surface area contributed by atoms with Crippen molar-refractivity contribution in [3.05, 3.63) is 113 Å². The van der Waals surface area contributed by atoms with Crippen molar-refractivity contribution < 1.29 is 17.6 Å². The highest BCUT2D eigenvalue weighted by atomic mass is 19.4. The zero-order chi connectivity index (χ0) is 20.9. The molecular formula is C25H15F4N. The number of nitrogens with zero attached hydrogens (tertiary/aromatic N) is 1. The van der Waals surface area contributed by atoms with Crippen LogP contribution in [-0.4, -0.2) is 10.7 Å². The molecule has 0 radical (unpaired) electrons. The van der Waals surface area contributed by atoms with Crippen LogP contribution in [0.3, 0.4) is 0 Å². The quantitative estimate of drug-likeness (QED) is 0.312. The molecule has 1 heterocycles. The Balaban J connectivity index is 1.93. The number of hydrogen-bond acceptors (Lipinski definition) is 0. The highest BCUT2D eigenvalue weighted by molar-refractivity contribution is 6.08. The number of benzene rings is 3. The number of para-hydroxylation sites is 1. The molecule has 1 aromatic heterocycles. The van der Waals surface area contributed by atoms with Crippen LogP contribution in [0.5, 0.6) is 0 Å². The van der Waals surface area contributed by atoms with Gasteiger partial charge in [-0.05, 0) is 52.4 Å². The molecule has 5 heteroatoms. The van der Waals surface area contributed by atoms with E-state index in [1.165, 1.54) is 18.2 Å². The molecule has 30 heavy (non-hydrogen) atoms. The molecule has 0 bridgehead atoms. The summed E-state index contributed by atoms with van der Waals surface area (Å²) in [6, 6.07) is 22.0. The van der Waals surface area contributed by atoms with Crippen LogP contribution >= 0.6 is 0 Å². The van der Waals surface area contributed by atoms with E-state index in [0.717, 1.165) is 17.0 Å². The molecule has 0 N–H and O–H groups in total. The Hall–Kier alpha value is -3.60. The second kappa shape index (κ2) is 6.73. The van der Waals surface area contributed by atoms with E-state index >= 15 is 0 Å². The normalized spacial score (nSPS) is 15.3. The topological polar surface area (TPSA) is 4.93 Å². The van der Waals surface area contributed by atoms with Crippen molar-refractivity contribution in [2.45, 2.75) is 6.18 Å². The number of aromatic nitrogens is 1. The average molecular weight is 405 g/mol. The zero-order valence-corrected chi connectivity index (χ0v) is 15.6. The molecule has 0 saturated heterocycles. The summed E-state index contributed by atoms with van der Waals surface area (Å²) < 4.78 is 58.1. The summed E-state index contributed by atoms with van der Waals surface area (Å²) in [5.74, 6) is -0.576. The number of alkyl halides is 3. The maximum Gasteiger partial charge on any atom is 0.417 e. The van der Waals surface area contributed by atoms with Crippen molar-refractivity contribution in [2.24, 2.45) is 0 Å². The Morgan fingerprint density at radius 3 is 2.30 bits per heavy atom. The fourth-order valence-corrected chi connectivity index (χ4v) is 4.00. The molecule has 0 aliphatic heterocycles. The van der Waals surface area contributed by atoms with E-state index < -0.39 is 17.6 Å². The Kier molecular flexibility index (Phi) is 4.13. The zero-order valence-electron chi connectivity index (χ0n) is 15.6. The van der Waals surface area contributed by atoms with E-state index in [0.29, 0.717) is 16.8 Å². The molecule has 0 amide bonds. The average Bonchev–Trinajstić information content (AvgIpc) is 3.32. The lowest BCUT2D eigenvalue weighted by Gasteiger charge is -2.20. The van der Waals surface area contributed by atoms with E-state index in [1.807, 2.05) is 36.4 Å². The first-order valence-electron chi connectivity index (χ1n) is 9.39.